The first-order valence-electron chi connectivity index (χ1n) is 8.90. The van der Waals surface area contributed by atoms with Gasteiger partial charge in [0.15, 0.2) is 0 Å². The van der Waals surface area contributed by atoms with Crippen molar-refractivity contribution in [3.05, 3.63) is 34.9 Å². The Hall–Kier alpha value is -1.63. The number of halogens is 1. The molecule has 2 N–H and O–H groups in total. The van der Waals surface area contributed by atoms with E-state index >= 15 is 0 Å². The van der Waals surface area contributed by atoms with Gasteiger partial charge in [0, 0.05) is 37.1 Å². The average Bonchev–Trinajstić information content (AvgIpc) is 2.60. The molecule has 1 fully saturated rings. The lowest BCUT2D eigenvalue weighted by Crippen LogP contribution is -2.55. The quantitative estimate of drug-likeness (QED) is 0.759. The number of hydrogen-bond donors (Lipinski definition) is 2. The molecule has 1 atom stereocenters. The zero-order valence-corrected chi connectivity index (χ0v) is 16.4. The van der Waals surface area contributed by atoms with Crippen molar-refractivity contribution in [3.63, 3.8) is 0 Å². The minimum atomic E-state index is -0.378. The van der Waals surface area contributed by atoms with E-state index in [-0.39, 0.29) is 29.8 Å². The summed E-state index contributed by atoms with van der Waals surface area (Å²) in [5.41, 5.74) is 0.704. The minimum absolute atomic E-state index is 0.0972. The third-order valence-electron chi connectivity index (χ3n) is 4.62. The summed E-state index contributed by atoms with van der Waals surface area (Å²) in [4.78, 5) is 26.3. The molecule has 1 aromatic carbocycles. The van der Waals surface area contributed by atoms with E-state index in [9.17, 15) is 9.59 Å². The molecule has 0 bridgehead atoms. The van der Waals surface area contributed by atoms with Gasteiger partial charge in [-0.1, -0.05) is 23.7 Å². The molecule has 1 heterocycles. The van der Waals surface area contributed by atoms with Crippen LogP contribution in [-0.4, -0.2) is 55.1 Å². The van der Waals surface area contributed by atoms with Crippen LogP contribution in [0.3, 0.4) is 0 Å². The first kappa shape index (κ1) is 20.7. The van der Waals surface area contributed by atoms with Crippen LogP contribution < -0.4 is 10.6 Å². The van der Waals surface area contributed by atoms with Gasteiger partial charge in [0.1, 0.15) is 0 Å². The van der Waals surface area contributed by atoms with E-state index in [1.54, 1.807) is 12.1 Å². The molecule has 1 unspecified atom stereocenters. The van der Waals surface area contributed by atoms with Crippen molar-refractivity contribution in [2.45, 2.75) is 38.8 Å². The topological polar surface area (TPSA) is 70.7 Å². The van der Waals surface area contributed by atoms with Crippen LogP contribution in [0.1, 0.15) is 38.8 Å². The third kappa shape index (κ3) is 6.27. The summed E-state index contributed by atoms with van der Waals surface area (Å²) in [5, 5.41) is 6.46. The first-order valence-corrected chi connectivity index (χ1v) is 9.28. The Labute approximate surface area is 160 Å². The number of carbonyl (C=O) groups excluding carboxylic acids is 2. The van der Waals surface area contributed by atoms with Crippen LogP contribution in [0, 0.1) is 0 Å². The summed E-state index contributed by atoms with van der Waals surface area (Å²) in [6.45, 7) is 9.38. The molecule has 26 heavy (non-hydrogen) atoms. The molecule has 0 aromatic heterocycles. The molecule has 1 aliphatic rings. The van der Waals surface area contributed by atoms with Crippen LogP contribution in [0.4, 0.5) is 0 Å². The van der Waals surface area contributed by atoms with Crippen molar-refractivity contribution in [1.82, 2.24) is 15.5 Å². The lowest BCUT2D eigenvalue weighted by Gasteiger charge is -2.40. The highest BCUT2D eigenvalue weighted by atomic mass is 35.5. The molecule has 0 aliphatic carbocycles. The molecular weight excluding hydrogens is 354 g/mol. The molecule has 6 nitrogen and oxygen atoms in total. The molecule has 0 radical (unpaired) electrons. The fourth-order valence-electron chi connectivity index (χ4n) is 3.05. The van der Waals surface area contributed by atoms with E-state index in [4.69, 9.17) is 16.3 Å². The summed E-state index contributed by atoms with van der Waals surface area (Å²) in [7, 11) is 0. The Morgan fingerprint density at radius 1 is 1.23 bits per heavy atom. The number of hydrogen-bond acceptors (Lipinski definition) is 4. The largest absolute Gasteiger partial charge is 0.379 e. The van der Waals surface area contributed by atoms with Crippen molar-refractivity contribution >= 4 is 23.4 Å². The predicted octanol–water partition coefficient (Wildman–Crippen LogP) is 2.13. The Morgan fingerprint density at radius 2 is 1.85 bits per heavy atom. The Kier molecular flexibility index (Phi) is 7.43. The van der Waals surface area contributed by atoms with E-state index in [0.717, 1.165) is 31.9 Å². The maximum Gasteiger partial charge on any atom is 0.222 e. The smallest absolute Gasteiger partial charge is 0.222 e. The van der Waals surface area contributed by atoms with Gasteiger partial charge in [-0.15, -0.1) is 0 Å². The maximum atomic E-state index is 12.5. The number of morpholine rings is 1. The van der Waals surface area contributed by atoms with Gasteiger partial charge >= 0.3 is 0 Å². The van der Waals surface area contributed by atoms with Gasteiger partial charge < -0.3 is 15.4 Å². The number of carbonyl (C=O) groups is 2. The van der Waals surface area contributed by atoms with Crippen LogP contribution in [0.15, 0.2) is 24.3 Å². The van der Waals surface area contributed by atoms with Gasteiger partial charge in [-0.2, -0.15) is 0 Å². The standard InChI is InChI=1S/C19H28ClN3O3/c1-14(24)22-17(15-4-6-16(20)7-5-15)12-18(25)21-13-19(2,3)23-8-10-26-11-9-23/h4-7,17H,8-13H2,1-3H3,(H,21,25)(H,22,24). The van der Waals surface area contributed by atoms with Gasteiger partial charge in [-0.3, -0.25) is 14.5 Å². The second kappa shape index (κ2) is 9.35. The average molecular weight is 382 g/mol. The second-order valence-electron chi connectivity index (χ2n) is 7.20. The third-order valence-corrected chi connectivity index (χ3v) is 4.88. The number of ether oxygens (including phenoxy) is 1. The van der Waals surface area contributed by atoms with Crippen LogP contribution in [-0.2, 0) is 14.3 Å². The van der Waals surface area contributed by atoms with Gasteiger partial charge in [-0.05, 0) is 31.5 Å². The highest BCUT2D eigenvalue weighted by Gasteiger charge is 2.29. The second-order valence-corrected chi connectivity index (χ2v) is 7.63. The fraction of sp³-hybridized carbons (Fsp3) is 0.579. The SMILES string of the molecule is CC(=O)NC(CC(=O)NCC(C)(C)N1CCOCC1)c1ccc(Cl)cc1. The van der Waals surface area contributed by atoms with Gasteiger partial charge in [0.25, 0.3) is 0 Å². The lowest BCUT2D eigenvalue weighted by atomic mass is 10.0. The number of nitrogens with zero attached hydrogens (tertiary/aromatic N) is 1. The van der Waals surface area contributed by atoms with E-state index < -0.39 is 0 Å². The van der Waals surface area contributed by atoms with Crippen molar-refractivity contribution in [3.8, 4) is 0 Å². The van der Waals surface area contributed by atoms with Crippen molar-refractivity contribution < 1.29 is 14.3 Å². The summed E-state index contributed by atoms with van der Waals surface area (Å²) in [6, 6.07) is 6.79. The molecule has 0 spiro atoms. The van der Waals surface area contributed by atoms with E-state index in [1.165, 1.54) is 6.92 Å². The molecule has 1 saturated heterocycles. The Bertz CT molecular complexity index is 613. The number of nitrogens with one attached hydrogen (secondary N) is 2. The zero-order valence-electron chi connectivity index (χ0n) is 15.7. The molecule has 2 rings (SSSR count). The Morgan fingerprint density at radius 3 is 2.42 bits per heavy atom. The predicted molar refractivity (Wildman–Crippen MR) is 102 cm³/mol. The van der Waals surface area contributed by atoms with Crippen LogP contribution in [0.2, 0.25) is 5.02 Å². The van der Waals surface area contributed by atoms with E-state index in [0.29, 0.717) is 11.6 Å². The molecule has 2 amide bonds. The minimum Gasteiger partial charge on any atom is -0.379 e. The highest BCUT2D eigenvalue weighted by molar-refractivity contribution is 6.30. The summed E-state index contributed by atoms with van der Waals surface area (Å²) in [5.74, 6) is -0.272. The van der Waals surface area contributed by atoms with Crippen LogP contribution >= 0.6 is 11.6 Å². The van der Waals surface area contributed by atoms with Crippen molar-refractivity contribution in [1.29, 1.82) is 0 Å². The number of rotatable bonds is 7. The highest BCUT2D eigenvalue weighted by Crippen LogP contribution is 2.20. The fourth-order valence-corrected chi connectivity index (χ4v) is 3.17. The van der Waals surface area contributed by atoms with Crippen molar-refractivity contribution in [2.24, 2.45) is 0 Å². The van der Waals surface area contributed by atoms with Crippen LogP contribution in [0.25, 0.3) is 0 Å². The first-order chi connectivity index (χ1) is 12.3. The van der Waals surface area contributed by atoms with Gasteiger partial charge in [0.05, 0.1) is 25.7 Å². The number of benzene rings is 1. The molecule has 1 aliphatic heterocycles. The zero-order chi connectivity index (χ0) is 19.2. The molecule has 7 heteroatoms. The lowest BCUT2D eigenvalue weighted by molar-refractivity contribution is -0.123. The summed E-state index contributed by atoms with van der Waals surface area (Å²) in [6.07, 6.45) is 0.181. The molecule has 0 saturated carbocycles. The maximum absolute atomic E-state index is 12.5. The normalized spacial score (nSPS) is 16.8. The summed E-state index contributed by atoms with van der Waals surface area (Å²) < 4.78 is 5.39. The van der Waals surface area contributed by atoms with Gasteiger partial charge in [0.2, 0.25) is 11.8 Å². The summed E-state index contributed by atoms with van der Waals surface area (Å²) >= 11 is 5.92. The van der Waals surface area contributed by atoms with Crippen molar-refractivity contribution in [2.75, 3.05) is 32.8 Å². The number of amides is 2. The van der Waals surface area contributed by atoms with Gasteiger partial charge in [-0.25, -0.2) is 0 Å². The molecular formula is C19H28ClN3O3. The van der Waals surface area contributed by atoms with E-state index in [2.05, 4.69) is 29.4 Å². The monoisotopic (exact) mass is 381 g/mol. The van der Waals surface area contributed by atoms with Crippen LogP contribution in [0.5, 0.6) is 0 Å². The molecule has 1 aromatic rings. The molecule has 144 valence electrons. The van der Waals surface area contributed by atoms with E-state index in [1.807, 2.05) is 12.1 Å². The Balaban J connectivity index is 1.93.